The van der Waals surface area contributed by atoms with Crippen LogP contribution in [0.2, 0.25) is 0 Å². The fourth-order valence-electron chi connectivity index (χ4n) is 2.51. The van der Waals surface area contributed by atoms with Crippen molar-refractivity contribution in [2.24, 2.45) is 0 Å². The first-order chi connectivity index (χ1) is 12.4. The van der Waals surface area contributed by atoms with E-state index < -0.39 is 5.24 Å². The molecule has 9 heteroatoms. The number of hydrogen-bond acceptors (Lipinski definition) is 4. The zero-order valence-electron chi connectivity index (χ0n) is 13.7. The number of benzene rings is 1. The molecule has 2 aliphatic rings. The molecule has 4 atom stereocenters. The summed E-state index contributed by atoms with van der Waals surface area (Å²) in [5, 5.41) is -0.407. The zero-order chi connectivity index (χ0) is 19.1. The van der Waals surface area contributed by atoms with Gasteiger partial charge in [-0.1, -0.05) is 94.1 Å². The van der Waals surface area contributed by atoms with Crippen LogP contribution in [0.3, 0.4) is 0 Å². The van der Waals surface area contributed by atoms with Crippen LogP contribution in [0.4, 0.5) is 0 Å². The Labute approximate surface area is 192 Å². The molecule has 3 rings (SSSR count). The lowest BCUT2D eigenvalue weighted by Crippen LogP contribution is -2.51. The van der Waals surface area contributed by atoms with Crippen LogP contribution in [0.5, 0.6) is 0 Å². The van der Waals surface area contributed by atoms with Crippen LogP contribution in [0.1, 0.15) is 10.4 Å². The van der Waals surface area contributed by atoms with Crippen molar-refractivity contribution in [3.63, 3.8) is 0 Å². The highest BCUT2D eigenvalue weighted by Gasteiger charge is 2.39. The van der Waals surface area contributed by atoms with Crippen molar-refractivity contribution in [2.75, 3.05) is 26.4 Å². The summed E-state index contributed by atoms with van der Waals surface area (Å²) in [6.07, 6.45) is 0.235. The van der Waals surface area contributed by atoms with Crippen LogP contribution >= 0.6 is 75.3 Å². The molecular weight excluding hydrogens is 623 g/mol. The highest BCUT2D eigenvalue weighted by atomic mass is 79.9. The summed E-state index contributed by atoms with van der Waals surface area (Å²) in [4.78, 5) is 11.3. The fourth-order valence-corrected chi connectivity index (χ4v) is 6.18. The maximum Gasteiger partial charge on any atom is 0.252 e. The lowest BCUT2D eigenvalue weighted by Gasteiger charge is -2.39. The molecule has 146 valence electrons. The summed E-state index contributed by atoms with van der Waals surface area (Å²) in [6.45, 7) is 2.76. The molecule has 0 spiro atoms. The van der Waals surface area contributed by atoms with Crippen LogP contribution < -0.4 is 0 Å². The van der Waals surface area contributed by atoms with Crippen molar-refractivity contribution in [1.29, 1.82) is 0 Å². The van der Waals surface area contributed by atoms with E-state index in [2.05, 4.69) is 63.7 Å². The zero-order valence-corrected chi connectivity index (χ0v) is 20.8. The molecule has 2 saturated heterocycles. The van der Waals surface area contributed by atoms with Gasteiger partial charge in [0.2, 0.25) is 0 Å². The van der Waals surface area contributed by atoms with E-state index in [1.807, 2.05) is 6.07 Å². The Hall–Kier alpha value is 0.980. The van der Waals surface area contributed by atoms with Crippen molar-refractivity contribution < 1.29 is 19.0 Å². The van der Waals surface area contributed by atoms with Gasteiger partial charge < -0.3 is 14.2 Å². The van der Waals surface area contributed by atoms with E-state index in [0.29, 0.717) is 32.0 Å². The molecule has 2 fully saturated rings. The molecule has 0 radical (unpaired) electrons. The van der Waals surface area contributed by atoms with Crippen LogP contribution in [0.25, 0.3) is 0 Å². The molecule has 1 aromatic carbocycles. The molecule has 0 saturated carbocycles. The van der Waals surface area contributed by atoms with Gasteiger partial charge in [-0.25, -0.2) is 0 Å². The van der Waals surface area contributed by atoms with Gasteiger partial charge in [0.1, 0.15) is 0 Å². The monoisotopic (exact) mass is 638 g/mol. The summed E-state index contributed by atoms with van der Waals surface area (Å²) in [7, 11) is 0. The minimum atomic E-state index is -0.407. The van der Waals surface area contributed by atoms with E-state index >= 15 is 0 Å². The topological polar surface area (TPSA) is 44.8 Å². The van der Waals surface area contributed by atoms with Gasteiger partial charge in [-0.05, 0) is 11.6 Å². The number of alkyl halides is 4. The molecular formula is C17H19Br4ClO4. The lowest BCUT2D eigenvalue weighted by molar-refractivity contribution is -0.0821. The SMILES string of the molecule is BrC1COCC(Br)C1OC1C(Br)COCC1Br.O=C(Cl)c1ccccc1. The summed E-state index contributed by atoms with van der Waals surface area (Å²) in [5.74, 6) is 0. The minimum Gasteiger partial charge on any atom is -0.379 e. The molecule has 4 nitrogen and oxygen atoms in total. The fraction of sp³-hybridized carbons (Fsp3) is 0.588. The number of rotatable bonds is 3. The van der Waals surface area contributed by atoms with E-state index in [1.165, 1.54) is 0 Å². The second kappa shape index (κ2) is 11.9. The molecule has 0 aliphatic carbocycles. The average Bonchev–Trinajstić information content (AvgIpc) is 2.62. The summed E-state index contributed by atoms with van der Waals surface area (Å²) in [5.41, 5.74) is 0.541. The van der Waals surface area contributed by atoms with E-state index in [1.54, 1.807) is 24.3 Å². The van der Waals surface area contributed by atoms with E-state index in [0.717, 1.165) is 0 Å². The van der Waals surface area contributed by atoms with Crippen molar-refractivity contribution in [3.8, 4) is 0 Å². The third kappa shape index (κ3) is 7.10. The normalized spacial score (nSPS) is 34.5. The molecule has 2 aliphatic heterocycles. The molecule has 2 heterocycles. The molecule has 0 aromatic heterocycles. The Bertz CT molecular complexity index is 521. The van der Waals surface area contributed by atoms with Gasteiger partial charge in [0, 0.05) is 5.56 Å². The van der Waals surface area contributed by atoms with Gasteiger partial charge in [0.05, 0.1) is 57.9 Å². The maximum absolute atomic E-state index is 10.4. The number of hydrogen-bond donors (Lipinski definition) is 0. The number of ether oxygens (including phenoxy) is 3. The predicted molar refractivity (Wildman–Crippen MR) is 118 cm³/mol. The Kier molecular flexibility index (Phi) is 10.6. The van der Waals surface area contributed by atoms with E-state index in [9.17, 15) is 4.79 Å². The van der Waals surface area contributed by atoms with Crippen LogP contribution in [0.15, 0.2) is 30.3 Å². The van der Waals surface area contributed by atoms with Gasteiger partial charge in [-0.15, -0.1) is 0 Å². The summed E-state index contributed by atoms with van der Waals surface area (Å²) in [6, 6.07) is 8.74. The largest absolute Gasteiger partial charge is 0.379 e. The van der Waals surface area contributed by atoms with Gasteiger partial charge in [-0.3, -0.25) is 4.79 Å². The third-order valence-corrected chi connectivity index (χ3v) is 7.21. The summed E-state index contributed by atoms with van der Waals surface area (Å²) < 4.78 is 17.1. The smallest absolute Gasteiger partial charge is 0.252 e. The average molecular weight is 642 g/mol. The first-order valence-corrected chi connectivity index (χ1v) is 12.1. The highest BCUT2D eigenvalue weighted by molar-refractivity contribution is 9.10. The molecule has 1 aromatic rings. The van der Waals surface area contributed by atoms with Gasteiger partial charge >= 0.3 is 0 Å². The van der Waals surface area contributed by atoms with Crippen molar-refractivity contribution in [1.82, 2.24) is 0 Å². The van der Waals surface area contributed by atoms with E-state index in [4.69, 9.17) is 25.8 Å². The quantitative estimate of drug-likeness (QED) is 0.347. The van der Waals surface area contributed by atoms with Gasteiger partial charge in [-0.2, -0.15) is 0 Å². The van der Waals surface area contributed by atoms with Crippen molar-refractivity contribution in [3.05, 3.63) is 35.9 Å². The molecule has 0 N–H and O–H groups in total. The minimum absolute atomic E-state index is 0.118. The number of halogens is 5. The number of carbonyl (C=O) groups excluding carboxylic acids is 1. The predicted octanol–water partition coefficient (Wildman–Crippen LogP) is 4.92. The molecule has 4 unspecified atom stereocenters. The Balaban J connectivity index is 0.000000228. The van der Waals surface area contributed by atoms with Crippen molar-refractivity contribution in [2.45, 2.75) is 31.5 Å². The first kappa shape index (κ1) is 23.3. The lowest BCUT2D eigenvalue weighted by atomic mass is 10.1. The highest BCUT2D eigenvalue weighted by Crippen LogP contribution is 2.31. The second-order valence-electron chi connectivity index (χ2n) is 5.84. The van der Waals surface area contributed by atoms with Crippen molar-refractivity contribution >= 4 is 80.6 Å². The molecule has 0 amide bonds. The van der Waals surface area contributed by atoms with Crippen LogP contribution in [-0.4, -0.2) is 63.2 Å². The number of carbonyl (C=O) groups is 1. The molecule has 26 heavy (non-hydrogen) atoms. The maximum atomic E-state index is 10.4. The van der Waals surface area contributed by atoms with Crippen LogP contribution in [-0.2, 0) is 14.2 Å². The third-order valence-electron chi connectivity index (χ3n) is 3.85. The van der Waals surface area contributed by atoms with E-state index in [-0.39, 0.29) is 31.5 Å². The van der Waals surface area contributed by atoms with Crippen LogP contribution in [0, 0.1) is 0 Å². The van der Waals surface area contributed by atoms with Gasteiger partial charge in [0.15, 0.2) is 0 Å². The Morgan fingerprint density at radius 1 is 0.846 bits per heavy atom. The summed E-state index contributed by atoms with van der Waals surface area (Å²) >= 11 is 19.6. The molecule has 0 bridgehead atoms. The second-order valence-corrected chi connectivity index (χ2v) is 10.9. The first-order valence-electron chi connectivity index (χ1n) is 8.02. The van der Waals surface area contributed by atoms with Gasteiger partial charge in [0.25, 0.3) is 5.24 Å². The Morgan fingerprint density at radius 3 is 1.54 bits per heavy atom. The standard InChI is InChI=1S/C10H14Br4O3.C7H5ClO/c11-5-1-15-2-6(12)9(5)17-10-7(13)3-16-4-8(10)14;8-7(9)6-4-2-1-3-5-6/h5-10H,1-4H2;1-5H. The Morgan fingerprint density at radius 2 is 1.23 bits per heavy atom.